The number of rotatable bonds is 4. The molecule has 2 aromatic carbocycles. The smallest absolute Gasteiger partial charge is 0.156 e. The highest BCUT2D eigenvalue weighted by Gasteiger charge is 2.15. The number of aromatic nitrogens is 2. The van der Waals surface area contributed by atoms with Crippen molar-refractivity contribution in [2.45, 2.75) is 19.9 Å². The molecule has 0 saturated carbocycles. The van der Waals surface area contributed by atoms with Crippen molar-refractivity contribution in [3.8, 4) is 17.1 Å². The number of hydrogen-bond acceptors (Lipinski definition) is 3. The van der Waals surface area contributed by atoms with Crippen LogP contribution >= 0.6 is 0 Å². The van der Waals surface area contributed by atoms with Crippen molar-refractivity contribution in [3.05, 3.63) is 71.9 Å². The Morgan fingerprint density at radius 3 is 2.58 bits per heavy atom. The summed E-state index contributed by atoms with van der Waals surface area (Å²) in [7, 11) is 0. The van der Waals surface area contributed by atoms with E-state index in [4.69, 9.17) is 15.2 Å². The largest absolute Gasteiger partial charge is 0.454 e. The number of nitrogens with two attached hydrogens (primary N) is 1. The molecule has 0 amide bonds. The number of fused-ring (bicyclic) bond motifs is 1. The van der Waals surface area contributed by atoms with Gasteiger partial charge in [-0.3, -0.25) is 0 Å². The third kappa shape index (κ3) is 2.51. The van der Waals surface area contributed by atoms with Gasteiger partial charge in [0.15, 0.2) is 5.76 Å². The highest BCUT2D eigenvalue weighted by atomic mass is 16.3. The lowest BCUT2D eigenvalue weighted by Gasteiger charge is -2.02. The van der Waals surface area contributed by atoms with E-state index < -0.39 is 0 Å². The summed E-state index contributed by atoms with van der Waals surface area (Å²) in [5.41, 5.74) is 10.9. The van der Waals surface area contributed by atoms with Gasteiger partial charge in [0, 0.05) is 23.7 Å². The van der Waals surface area contributed by atoms with E-state index in [1.54, 1.807) is 0 Å². The van der Waals surface area contributed by atoms with Gasteiger partial charge in [0.2, 0.25) is 0 Å². The molecule has 0 spiro atoms. The van der Waals surface area contributed by atoms with E-state index in [2.05, 4.69) is 31.2 Å². The predicted molar refractivity (Wildman–Crippen MR) is 96.0 cm³/mol. The lowest BCUT2D eigenvalue weighted by Crippen LogP contribution is -1.96. The van der Waals surface area contributed by atoms with Crippen LogP contribution in [0.3, 0.4) is 0 Å². The molecule has 0 fully saturated rings. The molecule has 0 atom stereocenters. The Labute approximate surface area is 140 Å². The predicted octanol–water partition coefficient (Wildman–Crippen LogP) is 4.31. The lowest BCUT2D eigenvalue weighted by molar-refractivity contribution is 0.626. The average molecular weight is 317 g/mol. The third-order valence-corrected chi connectivity index (χ3v) is 4.28. The Morgan fingerprint density at radius 1 is 1.08 bits per heavy atom. The molecule has 4 aromatic rings. The maximum atomic E-state index is 5.95. The van der Waals surface area contributed by atoms with Crippen LogP contribution in [-0.4, -0.2) is 9.78 Å². The van der Waals surface area contributed by atoms with Crippen molar-refractivity contribution in [1.29, 1.82) is 0 Å². The van der Waals surface area contributed by atoms with Crippen molar-refractivity contribution in [2.75, 3.05) is 0 Å². The Balaban J connectivity index is 1.79. The first-order chi connectivity index (χ1) is 11.8. The molecule has 2 heterocycles. The summed E-state index contributed by atoms with van der Waals surface area (Å²) in [6.07, 6.45) is 3.00. The molecule has 0 unspecified atom stereocenters. The van der Waals surface area contributed by atoms with E-state index in [1.807, 2.05) is 41.2 Å². The molecular weight excluding hydrogens is 298 g/mol. The molecule has 0 saturated heterocycles. The first-order valence-electron chi connectivity index (χ1n) is 8.15. The number of aryl methyl sites for hydroxylation is 1. The second-order valence-electron chi connectivity index (χ2n) is 5.82. The average Bonchev–Trinajstić information content (AvgIpc) is 3.25. The van der Waals surface area contributed by atoms with Gasteiger partial charge in [-0.15, -0.1) is 0 Å². The number of benzene rings is 2. The molecule has 24 heavy (non-hydrogen) atoms. The van der Waals surface area contributed by atoms with Crippen LogP contribution in [0.4, 0.5) is 0 Å². The van der Waals surface area contributed by atoms with Gasteiger partial charge in [-0.05, 0) is 36.2 Å². The zero-order valence-corrected chi connectivity index (χ0v) is 13.6. The molecule has 2 N–H and O–H groups in total. The SMILES string of the molecule is CCc1ccc(-n2cc(CN)c(-c3cc4ccccc4o3)n2)cc1. The van der Waals surface area contributed by atoms with Crippen LogP contribution in [-0.2, 0) is 13.0 Å². The molecule has 4 nitrogen and oxygen atoms in total. The van der Waals surface area contributed by atoms with Crippen LogP contribution in [0.5, 0.6) is 0 Å². The van der Waals surface area contributed by atoms with Crippen LogP contribution in [0.15, 0.2) is 65.2 Å². The second kappa shape index (κ2) is 5.98. The highest BCUT2D eigenvalue weighted by molar-refractivity contribution is 5.82. The number of nitrogens with zero attached hydrogens (tertiary/aromatic N) is 2. The molecule has 2 aromatic heterocycles. The van der Waals surface area contributed by atoms with Crippen molar-refractivity contribution >= 4 is 11.0 Å². The fourth-order valence-electron chi connectivity index (χ4n) is 2.88. The first kappa shape index (κ1) is 14.7. The molecule has 4 heteroatoms. The van der Waals surface area contributed by atoms with Gasteiger partial charge in [-0.25, -0.2) is 4.68 Å². The summed E-state index contributed by atoms with van der Waals surface area (Å²) >= 11 is 0. The van der Waals surface area contributed by atoms with E-state index in [0.717, 1.165) is 40.1 Å². The molecule has 0 aliphatic carbocycles. The zero-order valence-electron chi connectivity index (χ0n) is 13.6. The molecular formula is C20H19N3O. The number of furan rings is 1. The summed E-state index contributed by atoms with van der Waals surface area (Å²) in [6, 6.07) is 18.4. The molecule has 0 radical (unpaired) electrons. The maximum absolute atomic E-state index is 5.95. The molecule has 0 bridgehead atoms. The minimum atomic E-state index is 0.416. The monoisotopic (exact) mass is 317 g/mol. The van der Waals surface area contributed by atoms with E-state index in [9.17, 15) is 0 Å². The Bertz CT molecular complexity index is 947. The second-order valence-corrected chi connectivity index (χ2v) is 5.82. The molecule has 4 rings (SSSR count). The fraction of sp³-hybridized carbons (Fsp3) is 0.150. The Hall–Kier alpha value is -2.85. The number of hydrogen-bond donors (Lipinski definition) is 1. The van der Waals surface area contributed by atoms with Crippen LogP contribution in [0.25, 0.3) is 28.1 Å². The molecule has 0 aliphatic rings. The van der Waals surface area contributed by atoms with Gasteiger partial charge in [0.25, 0.3) is 0 Å². The van der Waals surface area contributed by atoms with E-state index in [1.165, 1.54) is 5.56 Å². The summed E-state index contributed by atoms with van der Waals surface area (Å²) in [4.78, 5) is 0. The van der Waals surface area contributed by atoms with Gasteiger partial charge in [0.05, 0.1) is 5.69 Å². The standard InChI is InChI=1S/C20H19N3O/c1-2-14-7-9-17(10-8-14)23-13-16(12-21)20(22-23)19-11-15-5-3-4-6-18(15)24-19/h3-11,13H,2,12,21H2,1H3. The summed E-state index contributed by atoms with van der Waals surface area (Å²) in [5, 5.41) is 5.78. The summed E-state index contributed by atoms with van der Waals surface area (Å²) in [5.74, 6) is 0.751. The van der Waals surface area contributed by atoms with Gasteiger partial charge in [0.1, 0.15) is 11.3 Å². The number of para-hydroxylation sites is 1. The topological polar surface area (TPSA) is 57.0 Å². The van der Waals surface area contributed by atoms with Crippen molar-refractivity contribution in [3.63, 3.8) is 0 Å². The summed E-state index contributed by atoms with van der Waals surface area (Å²) < 4.78 is 7.82. The van der Waals surface area contributed by atoms with E-state index >= 15 is 0 Å². The quantitative estimate of drug-likeness (QED) is 0.610. The van der Waals surface area contributed by atoms with Crippen molar-refractivity contribution in [1.82, 2.24) is 9.78 Å². The van der Waals surface area contributed by atoms with Gasteiger partial charge >= 0.3 is 0 Å². The van der Waals surface area contributed by atoms with Crippen LogP contribution in [0, 0.1) is 0 Å². The minimum absolute atomic E-state index is 0.416. The van der Waals surface area contributed by atoms with Crippen molar-refractivity contribution in [2.24, 2.45) is 5.73 Å². The maximum Gasteiger partial charge on any atom is 0.156 e. The minimum Gasteiger partial charge on any atom is -0.454 e. The highest BCUT2D eigenvalue weighted by Crippen LogP contribution is 2.29. The zero-order chi connectivity index (χ0) is 16.5. The Morgan fingerprint density at radius 2 is 1.88 bits per heavy atom. The van der Waals surface area contributed by atoms with Crippen LogP contribution in [0.2, 0.25) is 0 Å². The Kier molecular flexibility index (Phi) is 3.67. The van der Waals surface area contributed by atoms with Gasteiger partial charge < -0.3 is 10.2 Å². The van der Waals surface area contributed by atoms with E-state index in [-0.39, 0.29) is 0 Å². The summed E-state index contributed by atoms with van der Waals surface area (Å²) in [6.45, 7) is 2.56. The molecule has 120 valence electrons. The molecule has 0 aliphatic heterocycles. The van der Waals surface area contributed by atoms with Gasteiger partial charge in [-0.1, -0.05) is 37.3 Å². The fourth-order valence-corrected chi connectivity index (χ4v) is 2.88. The lowest BCUT2D eigenvalue weighted by atomic mass is 10.1. The normalized spacial score (nSPS) is 11.2. The first-order valence-corrected chi connectivity index (χ1v) is 8.15. The van der Waals surface area contributed by atoms with Gasteiger partial charge in [-0.2, -0.15) is 5.10 Å². The van der Waals surface area contributed by atoms with Crippen LogP contribution < -0.4 is 5.73 Å². The van der Waals surface area contributed by atoms with Crippen LogP contribution in [0.1, 0.15) is 18.1 Å². The van der Waals surface area contributed by atoms with E-state index in [0.29, 0.717) is 6.54 Å². The third-order valence-electron chi connectivity index (χ3n) is 4.28. The van der Waals surface area contributed by atoms with Crippen molar-refractivity contribution < 1.29 is 4.42 Å².